The average molecular weight is 311 g/mol. The van der Waals surface area contributed by atoms with E-state index in [0.29, 0.717) is 5.82 Å². The van der Waals surface area contributed by atoms with Crippen LogP contribution in [0.25, 0.3) is 0 Å². The molecule has 0 aromatic carbocycles. The standard InChI is InChI=1S/C11H11BrN4S/c12-8-4-5-11(14-6-8)17-7-9-2-1-3-10(15-9)16-13/h1-6H,7,13H2,(H,15,16). The molecule has 0 bridgehead atoms. The number of pyridine rings is 2. The van der Waals surface area contributed by atoms with Gasteiger partial charge in [-0.3, -0.25) is 0 Å². The number of nitrogens with two attached hydrogens (primary N) is 1. The molecule has 3 N–H and O–H groups in total. The van der Waals surface area contributed by atoms with Gasteiger partial charge in [0.15, 0.2) is 0 Å². The maximum absolute atomic E-state index is 5.31. The van der Waals surface area contributed by atoms with Gasteiger partial charge in [-0.15, -0.1) is 11.8 Å². The number of nitrogens with zero attached hydrogens (tertiary/aromatic N) is 2. The first kappa shape index (κ1) is 12.3. The third-order valence-corrected chi connectivity index (χ3v) is 3.47. The molecule has 2 rings (SSSR count). The summed E-state index contributed by atoms with van der Waals surface area (Å²) in [5.41, 5.74) is 3.50. The minimum atomic E-state index is 0.673. The van der Waals surface area contributed by atoms with Crippen molar-refractivity contribution in [3.63, 3.8) is 0 Å². The number of nitrogen functional groups attached to an aromatic ring is 1. The van der Waals surface area contributed by atoms with Crippen molar-refractivity contribution >= 4 is 33.5 Å². The molecule has 0 aliphatic carbocycles. The predicted octanol–water partition coefficient (Wildman–Crippen LogP) is 2.82. The smallest absolute Gasteiger partial charge is 0.140 e. The maximum atomic E-state index is 5.31. The van der Waals surface area contributed by atoms with Crippen molar-refractivity contribution < 1.29 is 0 Å². The Morgan fingerprint density at radius 1 is 1.29 bits per heavy atom. The molecule has 2 heterocycles. The highest BCUT2D eigenvalue weighted by molar-refractivity contribution is 9.10. The molecule has 0 fully saturated rings. The number of nitrogens with one attached hydrogen (secondary N) is 1. The van der Waals surface area contributed by atoms with E-state index in [9.17, 15) is 0 Å². The highest BCUT2D eigenvalue weighted by Crippen LogP contribution is 2.21. The summed E-state index contributed by atoms with van der Waals surface area (Å²) in [7, 11) is 0. The van der Waals surface area contributed by atoms with Gasteiger partial charge in [0.25, 0.3) is 0 Å². The lowest BCUT2D eigenvalue weighted by atomic mass is 10.4. The SMILES string of the molecule is NNc1cccc(CSc2ccc(Br)cn2)n1. The summed E-state index contributed by atoms with van der Waals surface area (Å²) < 4.78 is 0.981. The van der Waals surface area contributed by atoms with E-state index in [2.05, 4.69) is 31.3 Å². The van der Waals surface area contributed by atoms with E-state index in [1.54, 1.807) is 18.0 Å². The van der Waals surface area contributed by atoms with Crippen LogP contribution in [0.15, 0.2) is 46.0 Å². The van der Waals surface area contributed by atoms with Crippen LogP contribution in [0, 0.1) is 0 Å². The van der Waals surface area contributed by atoms with E-state index in [0.717, 1.165) is 20.9 Å². The minimum Gasteiger partial charge on any atom is -0.308 e. The molecule has 2 aromatic heterocycles. The van der Waals surface area contributed by atoms with Gasteiger partial charge in [-0.25, -0.2) is 15.8 Å². The van der Waals surface area contributed by atoms with Crippen molar-refractivity contribution in [1.29, 1.82) is 0 Å². The summed E-state index contributed by atoms with van der Waals surface area (Å²) in [5, 5.41) is 0.973. The Morgan fingerprint density at radius 2 is 2.18 bits per heavy atom. The molecule has 2 aromatic rings. The maximum Gasteiger partial charge on any atom is 0.140 e. The number of halogens is 1. The highest BCUT2D eigenvalue weighted by Gasteiger charge is 2.00. The lowest BCUT2D eigenvalue weighted by Gasteiger charge is -2.03. The van der Waals surface area contributed by atoms with E-state index >= 15 is 0 Å². The molecule has 0 saturated carbocycles. The van der Waals surface area contributed by atoms with Crippen LogP contribution in [-0.2, 0) is 5.75 Å². The van der Waals surface area contributed by atoms with E-state index in [1.807, 2.05) is 30.3 Å². The summed E-state index contributed by atoms with van der Waals surface area (Å²) in [4.78, 5) is 8.61. The number of rotatable bonds is 4. The van der Waals surface area contributed by atoms with E-state index in [-0.39, 0.29) is 0 Å². The fourth-order valence-corrected chi connectivity index (χ4v) is 2.22. The third-order valence-electron chi connectivity index (χ3n) is 2.02. The Hall–Kier alpha value is -1.11. The first-order chi connectivity index (χ1) is 8.28. The lowest BCUT2D eigenvalue weighted by molar-refractivity contribution is 1.10. The van der Waals surface area contributed by atoms with Crippen molar-refractivity contribution in [3.05, 3.63) is 46.7 Å². The molecule has 0 spiro atoms. The first-order valence-electron chi connectivity index (χ1n) is 4.95. The molecule has 0 aliphatic heterocycles. The van der Waals surface area contributed by atoms with Crippen molar-refractivity contribution in [1.82, 2.24) is 9.97 Å². The number of hydrazine groups is 1. The second kappa shape index (κ2) is 6.00. The average Bonchev–Trinajstić information content (AvgIpc) is 2.38. The fraction of sp³-hybridized carbons (Fsp3) is 0.0909. The number of thioether (sulfide) groups is 1. The van der Waals surface area contributed by atoms with Crippen molar-refractivity contribution in [2.75, 3.05) is 5.43 Å². The second-order valence-electron chi connectivity index (χ2n) is 3.26. The van der Waals surface area contributed by atoms with E-state index < -0.39 is 0 Å². The Balaban J connectivity index is 1.99. The number of anilines is 1. The highest BCUT2D eigenvalue weighted by atomic mass is 79.9. The zero-order valence-corrected chi connectivity index (χ0v) is 11.3. The van der Waals surface area contributed by atoms with Crippen molar-refractivity contribution in [2.45, 2.75) is 10.8 Å². The largest absolute Gasteiger partial charge is 0.308 e. The van der Waals surface area contributed by atoms with Crippen LogP contribution in [0.2, 0.25) is 0 Å². The first-order valence-corrected chi connectivity index (χ1v) is 6.73. The van der Waals surface area contributed by atoms with Gasteiger partial charge in [-0.1, -0.05) is 6.07 Å². The lowest BCUT2D eigenvalue weighted by Crippen LogP contribution is -2.08. The van der Waals surface area contributed by atoms with Crippen LogP contribution >= 0.6 is 27.7 Å². The van der Waals surface area contributed by atoms with Gasteiger partial charge < -0.3 is 5.43 Å². The van der Waals surface area contributed by atoms with Gasteiger partial charge in [0, 0.05) is 16.4 Å². The summed E-state index contributed by atoms with van der Waals surface area (Å²) >= 11 is 4.99. The van der Waals surface area contributed by atoms with Crippen LogP contribution in [-0.4, -0.2) is 9.97 Å². The molecule has 4 nitrogen and oxygen atoms in total. The molecule has 0 unspecified atom stereocenters. The Bertz CT molecular complexity index is 489. The zero-order chi connectivity index (χ0) is 12.1. The topological polar surface area (TPSA) is 63.8 Å². The van der Waals surface area contributed by atoms with Gasteiger partial charge in [-0.05, 0) is 40.2 Å². The fourth-order valence-electron chi connectivity index (χ4n) is 1.24. The van der Waals surface area contributed by atoms with E-state index in [4.69, 9.17) is 5.84 Å². The van der Waals surface area contributed by atoms with Crippen LogP contribution in [0.5, 0.6) is 0 Å². The molecule has 17 heavy (non-hydrogen) atoms. The molecule has 6 heteroatoms. The second-order valence-corrected chi connectivity index (χ2v) is 5.17. The minimum absolute atomic E-state index is 0.673. The van der Waals surface area contributed by atoms with Crippen molar-refractivity contribution in [2.24, 2.45) is 5.84 Å². The third kappa shape index (κ3) is 3.69. The van der Waals surface area contributed by atoms with Gasteiger partial charge >= 0.3 is 0 Å². The predicted molar refractivity (Wildman–Crippen MR) is 73.5 cm³/mol. The molecule has 0 amide bonds. The summed E-state index contributed by atoms with van der Waals surface area (Å²) in [6.07, 6.45) is 1.79. The molecule has 0 atom stereocenters. The summed E-state index contributed by atoms with van der Waals surface area (Å²) in [6.45, 7) is 0. The van der Waals surface area contributed by atoms with Gasteiger partial charge in [0.1, 0.15) is 5.82 Å². The van der Waals surface area contributed by atoms with Crippen molar-refractivity contribution in [3.8, 4) is 0 Å². The number of hydrogen-bond acceptors (Lipinski definition) is 5. The van der Waals surface area contributed by atoms with E-state index in [1.165, 1.54) is 0 Å². The Morgan fingerprint density at radius 3 is 2.88 bits per heavy atom. The van der Waals surface area contributed by atoms with Gasteiger partial charge in [0.2, 0.25) is 0 Å². The molecule has 0 saturated heterocycles. The zero-order valence-electron chi connectivity index (χ0n) is 8.93. The monoisotopic (exact) mass is 310 g/mol. The normalized spacial score (nSPS) is 10.2. The summed E-state index contributed by atoms with van der Waals surface area (Å²) in [6, 6.07) is 9.66. The van der Waals surface area contributed by atoms with Gasteiger partial charge in [-0.2, -0.15) is 0 Å². The van der Waals surface area contributed by atoms with Crippen LogP contribution < -0.4 is 11.3 Å². The Kier molecular flexibility index (Phi) is 4.36. The molecule has 88 valence electrons. The van der Waals surface area contributed by atoms with Gasteiger partial charge in [0.05, 0.1) is 10.7 Å². The number of hydrogen-bond donors (Lipinski definition) is 2. The Labute approximate surface area is 112 Å². The quantitative estimate of drug-likeness (QED) is 0.516. The molecule has 0 radical (unpaired) electrons. The molecular formula is C11H11BrN4S. The van der Waals surface area contributed by atoms with Crippen LogP contribution in [0.3, 0.4) is 0 Å². The molecular weight excluding hydrogens is 300 g/mol. The number of aromatic nitrogens is 2. The molecule has 0 aliphatic rings. The van der Waals surface area contributed by atoms with Crippen LogP contribution in [0.1, 0.15) is 5.69 Å². The van der Waals surface area contributed by atoms with Crippen LogP contribution in [0.4, 0.5) is 5.82 Å². The summed E-state index contributed by atoms with van der Waals surface area (Å²) in [5.74, 6) is 6.75.